The van der Waals surface area contributed by atoms with Gasteiger partial charge in [0, 0.05) is 30.7 Å². The topological polar surface area (TPSA) is 64.4 Å². The first kappa shape index (κ1) is 17.7. The Bertz CT molecular complexity index is 991. The number of hydrogen-bond donors (Lipinski definition) is 0. The molecular formula is C20H21N3O3. The van der Waals surface area contributed by atoms with Crippen molar-refractivity contribution in [3.05, 3.63) is 58.9 Å². The Hall–Kier alpha value is -3.15. The van der Waals surface area contributed by atoms with E-state index in [1.807, 2.05) is 55.4 Å². The highest BCUT2D eigenvalue weighted by atomic mass is 16.5. The molecular weight excluding hydrogens is 330 g/mol. The minimum absolute atomic E-state index is 0.208. The molecule has 0 atom stereocenters. The van der Waals surface area contributed by atoms with Crippen molar-refractivity contribution in [2.45, 2.75) is 13.5 Å². The van der Waals surface area contributed by atoms with Gasteiger partial charge >= 0.3 is 5.97 Å². The van der Waals surface area contributed by atoms with E-state index in [1.54, 1.807) is 19.1 Å². The van der Waals surface area contributed by atoms with Crippen molar-refractivity contribution in [1.29, 1.82) is 0 Å². The molecule has 0 bridgehead atoms. The van der Waals surface area contributed by atoms with Gasteiger partial charge in [-0.15, -0.1) is 0 Å². The van der Waals surface area contributed by atoms with Crippen molar-refractivity contribution in [2.75, 3.05) is 25.6 Å². The molecule has 0 saturated heterocycles. The van der Waals surface area contributed by atoms with Crippen molar-refractivity contribution in [3.8, 4) is 11.3 Å². The molecule has 134 valence electrons. The zero-order valence-corrected chi connectivity index (χ0v) is 15.1. The minimum Gasteiger partial charge on any atom is -0.465 e. The van der Waals surface area contributed by atoms with E-state index in [4.69, 9.17) is 4.74 Å². The Morgan fingerprint density at radius 2 is 1.73 bits per heavy atom. The maximum absolute atomic E-state index is 12.7. The smallest absolute Gasteiger partial charge is 0.327 e. The number of hydrogen-bond acceptors (Lipinski definition) is 5. The van der Waals surface area contributed by atoms with Gasteiger partial charge in [0.25, 0.3) is 5.56 Å². The van der Waals surface area contributed by atoms with Crippen molar-refractivity contribution in [2.24, 2.45) is 0 Å². The highest BCUT2D eigenvalue weighted by Gasteiger charge is 2.14. The second kappa shape index (κ2) is 7.39. The highest BCUT2D eigenvalue weighted by Crippen LogP contribution is 2.26. The molecule has 0 radical (unpaired) electrons. The summed E-state index contributed by atoms with van der Waals surface area (Å²) < 4.78 is 6.13. The Morgan fingerprint density at radius 3 is 2.35 bits per heavy atom. The first-order valence-electron chi connectivity index (χ1n) is 8.44. The number of ether oxygens (including phenoxy) is 1. The van der Waals surface area contributed by atoms with Gasteiger partial charge in [0.05, 0.1) is 17.7 Å². The van der Waals surface area contributed by atoms with Crippen LogP contribution in [0.5, 0.6) is 0 Å². The van der Waals surface area contributed by atoms with Gasteiger partial charge in [0.15, 0.2) is 0 Å². The SMILES string of the molecule is CCOC(=O)Cn1nc(-c2ccc(N(C)C)cc2)c2ccccc2c1=O. The molecule has 0 saturated carbocycles. The summed E-state index contributed by atoms with van der Waals surface area (Å²) in [6, 6.07) is 15.2. The molecule has 0 aliphatic rings. The Balaban J connectivity index is 2.15. The Labute approximate surface area is 151 Å². The molecule has 26 heavy (non-hydrogen) atoms. The van der Waals surface area contributed by atoms with Gasteiger partial charge in [0.2, 0.25) is 0 Å². The van der Waals surface area contributed by atoms with Gasteiger partial charge in [0.1, 0.15) is 6.54 Å². The lowest BCUT2D eigenvalue weighted by atomic mass is 10.0. The molecule has 3 rings (SSSR count). The van der Waals surface area contributed by atoms with Crippen LogP contribution in [0.15, 0.2) is 53.3 Å². The summed E-state index contributed by atoms with van der Waals surface area (Å²) in [5.74, 6) is -0.480. The second-order valence-corrected chi connectivity index (χ2v) is 6.10. The van der Waals surface area contributed by atoms with E-state index in [0.29, 0.717) is 11.1 Å². The molecule has 6 nitrogen and oxygen atoms in total. The van der Waals surface area contributed by atoms with E-state index in [1.165, 1.54) is 4.68 Å². The normalized spacial score (nSPS) is 10.7. The fraction of sp³-hybridized carbons (Fsp3) is 0.250. The van der Waals surface area contributed by atoms with Crippen LogP contribution in [0, 0.1) is 0 Å². The number of fused-ring (bicyclic) bond motifs is 1. The van der Waals surface area contributed by atoms with E-state index >= 15 is 0 Å². The van der Waals surface area contributed by atoms with E-state index in [0.717, 1.165) is 16.6 Å². The van der Waals surface area contributed by atoms with Gasteiger partial charge in [-0.2, -0.15) is 5.10 Å². The molecule has 3 aromatic rings. The number of aromatic nitrogens is 2. The monoisotopic (exact) mass is 351 g/mol. The zero-order chi connectivity index (χ0) is 18.7. The number of anilines is 1. The van der Waals surface area contributed by atoms with Crippen molar-refractivity contribution in [1.82, 2.24) is 9.78 Å². The van der Waals surface area contributed by atoms with Gasteiger partial charge in [-0.05, 0) is 25.1 Å². The van der Waals surface area contributed by atoms with Crippen LogP contribution in [-0.4, -0.2) is 36.5 Å². The summed E-state index contributed by atoms with van der Waals surface area (Å²) in [6.07, 6.45) is 0. The number of rotatable bonds is 5. The van der Waals surface area contributed by atoms with Crippen molar-refractivity contribution in [3.63, 3.8) is 0 Å². The van der Waals surface area contributed by atoms with E-state index in [2.05, 4.69) is 5.10 Å². The van der Waals surface area contributed by atoms with Gasteiger partial charge in [-0.25, -0.2) is 4.68 Å². The lowest BCUT2D eigenvalue weighted by Crippen LogP contribution is -2.28. The molecule has 0 spiro atoms. The maximum Gasteiger partial charge on any atom is 0.327 e. The van der Waals surface area contributed by atoms with Crippen LogP contribution in [-0.2, 0) is 16.1 Å². The number of esters is 1. The molecule has 0 N–H and O–H groups in total. The van der Waals surface area contributed by atoms with Crippen LogP contribution >= 0.6 is 0 Å². The highest BCUT2D eigenvalue weighted by molar-refractivity contribution is 5.94. The van der Waals surface area contributed by atoms with Crippen molar-refractivity contribution >= 4 is 22.4 Å². The fourth-order valence-corrected chi connectivity index (χ4v) is 2.80. The Kier molecular flexibility index (Phi) is 5.02. The minimum atomic E-state index is -0.480. The van der Waals surface area contributed by atoms with Crippen LogP contribution in [0.25, 0.3) is 22.0 Å². The summed E-state index contributed by atoms with van der Waals surface area (Å²) >= 11 is 0. The molecule has 1 heterocycles. The molecule has 0 aliphatic carbocycles. The van der Waals surface area contributed by atoms with Crippen LogP contribution in [0.4, 0.5) is 5.69 Å². The summed E-state index contributed by atoms with van der Waals surface area (Å²) in [6.45, 7) is 1.78. The lowest BCUT2D eigenvalue weighted by molar-refractivity contribution is -0.144. The third kappa shape index (κ3) is 3.44. The maximum atomic E-state index is 12.7. The van der Waals surface area contributed by atoms with Gasteiger partial charge in [-0.3, -0.25) is 9.59 Å². The van der Waals surface area contributed by atoms with Gasteiger partial charge < -0.3 is 9.64 Å². The summed E-state index contributed by atoms with van der Waals surface area (Å²) in [5.41, 5.74) is 2.31. The fourth-order valence-electron chi connectivity index (χ4n) is 2.80. The predicted molar refractivity (Wildman–Crippen MR) is 102 cm³/mol. The van der Waals surface area contributed by atoms with Crippen LogP contribution in [0.2, 0.25) is 0 Å². The number of benzene rings is 2. The van der Waals surface area contributed by atoms with Crippen LogP contribution in [0.1, 0.15) is 6.92 Å². The summed E-state index contributed by atoms with van der Waals surface area (Å²) in [7, 11) is 3.95. The average molecular weight is 351 g/mol. The first-order valence-corrected chi connectivity index (χ1v) is 8.44. The lowest BCUT2D eigenvalue weighted by Gasteiger charge is -2.14. The largest absolute Gasteiger partial charge is 0.465 e. The summed E-state index contributed by atoms with van der Waals surface area (Å²) in [4.78, 5) is 26.5. The molecule has 1 aromatic heterocycles. The molecule has 0 fully saturated rings. The summed E-state index contributed by atoms with van der Waals surface area (Å²) in [5, 5.41) is 5.74. The molecule has 0 amide bonds. The first-order chi connectivity index (χ1) is 12.5. The third-order valence-electron chi connectivity index (χ3n) is 4.11. The standard InChI is InChI=1S/C20H21N3O3/c1-4-26-18(24)13-23-20(25)17-8-6-5-7-16(17)19(21-23)14-9-11-15(12-10-14)22(2)3/h5-12H,4,13H2,1-3H3. The van der Waals surface area contributed by atoms with Gasteiger partial charge in [-0.1, -0.05) is 30.3 Å². The van der Waals surface area contributed by atoms with Crippen LogP contribution < -0.4 is 10.5 Å². The number of carbonyl (C=O) groups excluding carboxylic acids is 1. The van der Waals surface area contributed by atoms with Crippen LogP contribution in [0.3, 0.4) is 0 Å². The predicted octanol–water partition coefficient (Wildman–Crippen LogP) is 2.69. The second-order valence-electron chi connectivity index (χ2n) is 6.10. The quantitative estimate of drug-likeness (QED) is 0.661. The van der Waals surface area contributed by atoms with E-state index in [9.17, 15) is 9.59 Å². The molecule has 0 unspecified atom stereocenters. The molecule has 6 heteroatoms. The third-order valence-corrected chi connectivity index (χ3v) is 4.11. The average Bonchev–Trinajstić information content (AvgIpc) is 2.64. The molecule has 0 aliphatic heterocycles. The number of nitrogens with zero attached hydrogens (tertiary/aromatic N) is 3. The van der Waals surface area contributed by atoms with Crippen molar-refractivity contribution < 1.29 is 9.53 Å². The van der Waals surface area contributed by atoms with E-state index in [-0.39, 0.29) is 18.7 Å². The zero-order valence-electron chi connectivity index (χ0n) is 15.1. The number of carbonyl (C=O) groups is 1. The molecule has 2 aromatic carbocycles. The van der Waals surface area contributed by atoms with E-state index < -0.39 is 5.97 Å². The Morgan fingerprint density at radius 1 is 1.08 bits per heavy atom.